The van der Waals surface area contributed by atoms with Crippen molar-refractivity contribution in [3.8, 4) is 5.75 Å². The van der Waals surface area contributed by atoms with Crippen molar-refractivity contribution in [3.05, 3.63) is 59.4 Å². The molecule has 0 bridgehead atoms. The average Bonchev–Trinajstić information content (AvgIpc) is 2.46. The van der Waals surface area contributed by atoms with Crippen molar-refractivity contribution in [1.82, 2.24) is 0 Å². The van der Waals surface area contributed by atoms with Gasteiger partial charge in [-0.3, -0.25) is 5.41 Å². The van der Waals surface area contributed by atoms with Crippen LogP contribution in [0, 0.1) is 11.2 Å². The maximum atomic E-state index is 13.2. The van der Waals surface area contributed by atoms with Gasteiger partial charge in [-0.2, -0.15) is 0 Å². The number of hydrogen-bond acceptors (Lipinski definition) is 3. The lowest BCUT2D eigenvalue weighted by molar-refractivity contribution is 0.414. The smallest absolute Gasteiger partial charge is 0.123 e. The van der Waals surface area contributed by atoms with Crippen LogP contribution in [0.4, 0.5) is 4.39 Å². The van der Waals surface area contributed by atoms with E-state index in [4.69, 9.17) is 15.9 Å². The zero-order chi connectivity index (χ0) is 14.5. The number of benzene rings is 2. The second-order valence-electron chi connectivity index (χ2n) is 4.18. The summed E-state index contributed by atoms with van der Waals surface area (Å²) in [7, 11) is 1.62. The van der Waals surface area contributed by atoms with E-state index >= 15 is 0 Å². The van der Waals surface area contributed by atoms with Gasteiger partial charge in [0.2, 0.25) is 0 Å². The Morgan fingerprint density at radius 2 is 1.95 bits per heavy atom. The molecule has 0 aliphatic heterocycles. The SMILES string of the molecule is COc1ccc(SCc2ccc(F)cc2C(=N)N)cc1. The van der Waals surface area contributed by atoms with E-state index in [0.29, 0.717) is 11.3 Å². The van der Waals surface area contributed by atoms with Crippen LogP contribution in [0.5, 0.6) is 5.75 Å². The van der Waals surface area contributed by atoms with Crippen molar-refractivity contribution in [2.24, 2.45) is 5.73 Å². The zero-order valence-corrected chi connectivity index (χ0v) is 11.8. The molecule has 0 atom stereocenters. The molecule has 0 heterocycles. The van der Waals surface area contributed by atoms with E-state index in [1.165, 1.54) is 12.1 Å². The highest BCUT2D eigenvalue weighted by atomic mass is 32.2. The van der Waals surface area contributed by atoms with Gasteiger partial charge in [-0.15, -0.1) is 11.8 Å². The van der Waals surface area contributed by atoms with Crippen molar-refractivity contribution in [2.45, 2.75) is 10.6 Å². The highest BCUT2D eigenvalue weighted by Crippen LogP contribution is 2.26. The summed E-state index contributed by atoms with van der Waals surface area (Å²) in [5.74, 6) is 0.936. The molecular weight excluding hydrogens is 275 g/mol. The molecule has 0 fully saturated rings. The van der Waals surface area contributed by atoms with Gasteiger partial charge in [0.15, 0.2) is 0 Å². The zero-order valence-electron chi connectivity index (χ0n) is 11.0. The first-order valence-corrected chi connectivity index (χ1v) is 6.98. The second-order valence-corrected chi connectivity index (χ2v) is 5.23. The van der Waals surface area contributed by atoms with Gasteiger partial charge >= 0.3 is 0 Å². The summed E-state index contributed by atoms with van der Waals surface area (Å²) in [5.41, 5.74) is 6.78. The molecule has 0 saturated carbocycles. The number of rotatable bonds is 5. The van der Waals surface area contributed by atoms with E-state index < -0.39 is 0 Å². The van der Waals surface area contributed by atoms with Gasteiger partial charge < -0.3 is 10.5 Å². The van der Waals surface area contributed by atoms with Crippen LogP contribution in [0.2, 0.25) is 0 Å². The van der Waals surface area contributed by atoms with Crippen LogP contribution in [0.15, 0.2) is 47.4 Å². The molecule has 0 saturated heterocycles. The molecule has 0 unspecified atom stereocenters. The van der Waals surface area contributed by atoms with Crippen molar-refractivity contribution < 1.29 is 9.13 Å². The van der Waals surface area contributed by atoms with Crippen LogP contribution in [0.3, 0.4) is 0 Å². The first-order valence-electron chi connectivity index (χ1n) is 6.00. The molecule has 0 spiro atoms. The van der Waals surface area contributed by atoms with Crippen LogP contribution in [-0.2, 0) is 5.75 Å². The number of nitrogen functional groups attached to an aromatic ring is 1. The minimum Gasteiger partial charge on any atom is -0.497 e. The Morgan fingerprint density at radius 1 is 1.25 bits per heavy atom. The molecule has 0 aromatic heterocycles. The molecule has 0 aliphatic rings. The Kier molecular flexibility index (Phi) is 4.63. The van der Waals surface area contributed by atoms with Gasteiger partial charge in [0.25, 0.3) is 0 Å². The standard InChI is InChI=1S/C15H15FN2OS/c1-19-12-4-6-13(7-5-12)20-9-10-2-3-11(16)8-14(10)15(17)18/h2-8H,9H2,1H3,(H3,17,18). The summed E-state index contributed by atoms with van der Waals surface area (Å²) < 4.78 is 18.3. The van der Waals surface area contributed by atoms with Gasteiger partial charge in [-0.1, -0.05) is 6.07 Å². The largest absolute Gasteiger partial charge is 0.497 e. The van der Waals surface area contributed by atoms with Crippen LogP contribution in [0.1, 0.15) is 11.1 Å². The van der Waals surface area contributed by atoms with Crippen molar-refractivity contribution in [3.63, 3.8) is 0 Å². The van der Waals surface area contributed by atoms with E-state index in [1.807, 2.05) is 24.3 Å². The fourth-order valence-corrected chi connectivity index (χ4v) is 2.66. The summed E-state index contributed by atoms with van der Waals surface area (Å²) >= 11 is 1.60. The van der Waals surface area contributed by atoms with Crippen LogP contribution in [0.25, 0.3) is 0 Å². The van der Waals surface area contributed by atoms with E-state index in [1.54, 1.807) is 24.9 Å². The van der Waals surface area contributed by atoms with Crippen molar-refractivity contribution >= 4 is 17.6 Å². The Morgan fingerprint density at radius 3 is 2.55 bits per heavy atom. The van der Waals surface area contributed by atoms with E-state index in [0.717, 1.165) is 16.2 Å². The number of methoxy groups -OCH3 is 1. The van der Waals surface area contributed by atoms with E-state index in [2.05, 4.69) is 0 Å². The van der Waals surface area contributed by atoms with Crippen molar-refractivity contribution in [2.75, 3.05) is 7.11 Å². The van der Waals surface area contributed by atoms with Crippen LogP contribution >= 0.6 is 11.8 Å². The lowest BCUT2D eigenvalue weighted by atomic mass is 10.1. The number of hydrogen-bond donors (Lipinski definition) is 2. The molecule has 0 radical (unpaired) electrons. The Bertz CT molecular complexity index is 614. The maximum Gasteiger partial charge on any atom is 0.123 e. The second kappa shape index (κ2) is 6.43. The molecular formula is C15H15FN2OS. The summed E-state index contributed by atoms with van der Waals surface area (Å²) in [6.45, 7) is 0. The fraction of sp³-hybridized carbons (Fsp3) is 0.133. The molecule has 3 nitrogen and oxygen atoms in total. The molecule has 5 heteroatoms. The molecule has 2 aromatic rings. The normalized spacial score (nSPS) is 10.3. The topological polar surface area (TPSA) is 59.1 Å². The summed E-state index contributed by atoms with van der Waals surface area (Å²) in [6.07, 6.45) is 0. The van der Waals surface area contributed by atoms with Gasteiger partial charge in [-0.25, -0.2) is 4.39 Å². The van der Waals surface area contributed by atoms with E-state index in [-0.39, 0.29) is 11.7 Å². The highest BCUT2D eigenvalue weighted by Gasteiger charge is 2.07. The minimum atomic E-state index is -0.381. The van der Waals surface area contributed by atoms with Gasteiger partial charge in [0.1, 0.15) is 17.4 Å². The third kappa shape index (κ3) is 3.51. The maximum absolute atomic E-state index is 13.2. The predicted molar refractivity (Wildman–Crippen MR) is 80.0 cm³/mol. The lowest BCUT2D eigenvalue weighted by Gasteiger charge is -2.08. The highest BCUT2D eigenvalue weighted by molar-refractivity contribution is 7.98. The van der Waals surface area contributed by atoms with Crippen LogP contribution in [-0.4, -0.2) is 12.9 Å². The molecule has 2 rings (SSSR count). The quantitative estimate of drug-likeness (QED) is 0.504. The minimum absolute atomic E-state index is 0.116. The summed E-state index contributed by atoms with van der Waals surface area (Å²) in [6, 6.07) is 12.0. The molecule has 2 aromatic carbocycles. The van der Waals surface area contributed by atoms with Crippen LogP contribution < -0.4 is 10.5 Å². The number of thioether (sulfide) groups is 1. The third-order valence-electron chi connectivity index (χ3n) is 2.82. The fourth-order valence-electron chi connectivity index (χ4n) is 1.76. The first kappa shape index (κ1) is 14.4. The van der Waals surface area contributed by atoms with Gasteiger partial charge in [-0.05, 0) is 42.0 Å². The molecule has 3 N–H and O–H groups in total. The van der Waals surface area contributed by atoms with Gasteiger partial charge in [0.05, 0.1) is 7.11 Å². The monoisotopic (exact) mass is 290 g/mol. The Hall–Kier alpha value is -2.01. The Balaban J connectivity index is 2.12. The predicted octanol–water partition coefficient (Wildman–Crippen LogP) is 3.41. The number of nitrogens with one attached hydrogen (secondary N) is 1. The molecule has 0 amide bonds. The first-order chi connectivity index (χ1) is 9.60. The lowest BCUT2D eigenvalue weighted by Crippen LogP contribution is -2.13. The number of amidine groups is 1. The summed E-state index contributed by atoms with van der Waals surface area (Å²) in [5, 5.41) is 7.49. The van der Waals surface area contributed by atoms with Crippen molar-refractivity contribution in [1.29, 1.82) is 5.41 Å². The number of nitrogens with two attached hydrogens (primary N) is 1. The summed E-state index contributed by atoms with van der Waals surface area (Å²) in [4.78, 5) is 1.07. The average molecular weight is 290 g/mol. The van der Waals surface area contributed by atoms with E-state index in [9.17, 15) is 4.39 Å². The third-order valence-corrected chi connectivity index (χ3v) is 3.88. The Labute approximate surface area is 121 Å². The van der Waals surface area contributed by atoms with Gasteiger partial charge in [0, 0.05) is 16.2 Å². The molecule has 20 heavy (non-hydrogen) atoms. The molecule has 104 valence electrons. The number of halogens is 1. The number of ether oxygens (including phenoxy) is 1. The molecule has 0 aliphatic carbocycles.